The van der Waals surface area contributed by atoms with Gasteiger partial charge in [-0.25, -0.2) is 4.98 Å². The SMILES string of the molecule is CCOC(c1ccccc1)(c1ccccc1)n1ccnc1. The van der Waals surface area contributed by atoms with Crippen LogP contribution in [0.1, 0.15) is 18.1 Å². The Morgan fingerprint density at radius 1 is 0.952 bits per heavy atom. The van der Waals surface area contributed by atoms with E-state index in [9.17, 15) is 0 Å². The van der Waals surface area contributed by atoms with Crippen molar-refractivity contribution in [2.24, 2.45) is 0 Å². The van der Waals surface area contributed by atoms with Crippen molar-refractivity contribution in [3.8, 4) is 0 Å². The van der Waals surface area contributed by atoms with E-state index in [0.717, 1.165) is 11.1 Å². The summed E-state index contributed by atoms with van der Waals surface area (Å²) >= 11 is 0. The zero-order valence-corrected chi connectivity index (χ0v) is 12.0. The number of aromatic nitrogens is 2. The maximum atomic E-state index is 6.27. The quantitative estimate of drug-likeness (QED) is 0.712. The average Bonchev–Trinajstić information content (AvgIpc) is 3.09. The molecule has 0 bridgehead atoms. The highest BCUT2D eigenvalue weighted by atomic mass is 16.5. The molecule has 0 amide bonds. The van der Waals surface area contributed by atoms with Crippen LogP contribution in [0.3, 0.4) is 0 Å². The van der Waals surface area contributed by atoms with E-state index >= 15 is 0 Å². The zero-order chi connectivity index (χ0) is 14.5. The van der Waals surface area contributed by atoms with Crippen molar-refractivity contribution in [3.05, 3.63) is 90.5 Å². The normalized spacial score (nSPS) is 11.5. The highest BCUT2D eigenvalue weighted by Gasteiger charge is 2.36. The van der Waals surface area contributed by atoms with Gasteiger partial charge >= 0.3 is 0 Å². The minimum atomic E-state index is -0.687. The van der Waals surface area contributed by atoms with Crippen LogP contribution in [-0.2, 0) is 10.5 Å². The smallest absolute Gasteiger partial charge is 0.198 e. The molecule has 0 unspecified atom stereocenters. The van der Waals surface area contributed by atoms with Gasteiger partial charge in [0.15, 0.2) is 5.72 Å². The van der Waals surface area contributed by atoms with Crippen LogP contribution < -0.4 is 0 Å². The Kier molecular flexibility index (Phi) is 3.84. The second-order valence-corrected chi connectivity index (χ2v) is 4.78. The largest absolute Gasteiger partial charge is 0.347 e. The lowest BCUT2D eigenvalue weighted by molar-refractivity contribution is -0.0347. The second-order valence-electron chi connectivity index (χ2n) is 4.78. The second kappa shape index (κ2) is 5.94. The average molecular weight is 278 g/mol. The van der Waals surface area contributed by atoms with E-state index in [1.165, 1.54) is 0 Å². The molecule has 0 spiro atoms. The molecule has 3 nitrogen and oxygen atoms in total. The van der Waals surface area contributed by atoms with Crippen LogP contribution in [0.2, 0.25) is 0 Å². The first-order chi connectivity index (χ1) is 10.4. The molecule has 106 valence electrons. The van der Waals surface area contributed by atoms with Gasteiger partial charge in [0, 0.05) is 30.1 Å². The highest BCUT2D eigenvalue weighted by molar-refractivity contribution is 5.36. The highest BCUT2D eigenvalue weighted by Crippen LogP contribution is 2.35. The fourth-order valence-corrected chi connectivity index (χ4v) is 2.69. The molecule has 0 N–H and O–H groups in total. The van der Waals surface area contributed by atoms with Crippen LogP contribution in [0.4, 0.5) is 0 Å². The molecule has 0 radical (unpaired) electrons. The Morgan fingerprint density at radius 2 is 1.52 bits per heavy atom. The maximum absolute atomic E-state index is 6.27. The molecule has 0 saturated heterocycles. The van der Waals surface area contributed by atoms with Crippen LogP contribution in [0, 0.1) is 0 Å². The van der Waals surface area contributed by atoms with Gasteiger partial charge in [-0.3, -0.25) is 0 Å². The molecule has 0 saturated carbocycles. The molecule has 0 aliphatic rings. The molecule has 3 aromatic rings. The van der Waals surface area contributed by atoms with E-state index in [2.05, 4.69) is 29.2 Å². The molecule has 0 aliphatic heterocycles. The van der Waals surface area contributed by atoms with Gasteiger partial charge in [-0.05, 0) is 6.92 Å². The number of nitrogens with zero attached hydrogens (tertiary/aromatic N) is 2. The molecule has 0 aliphatic carbocycles. The van der Waals surface area contributed by atoms with Crippen molar-refractivity contribution >= 4 is 0 Å². The molecule has 2 aromatic carbocycles. The number of ether oxygens (including phenoxy) is 1. The lowest BCUT2D eigenvalue weighted by atomic mass is 9.93. The van der Waals surface area contributed by atoms with E-state index in [1.807, 2.05) is 54.1 Å². The van der Waals surface area contributed by atoms with Crippen molar-refractivity contribution in [3.63, 3.8) is 0 Å². The lowest BCUT2D eigenvalue weighted by Gasteiger charge is -2.35. The Labute approximate surface area is 124 Å². The minimum absolute atomic E-state index is 0.599. The summed E-state index contributed by atoms with van der Waals surface area (Å²) in [6.45, 7) is 2.61. The summed E-state index contributed by atoms with van der Waals surface area (Å²) in [5.41, 5.74) is 1.47. The molecular weight excluding hydrogens is 260 g/mol. The van der Waals surface area contributed by atoms with Gasteiger partial charge in [0.25, 0.3) is 0 Å². The third-order valence-corrected chi connectivity index (χ3v) is 3.55. The van der Waals surface area contributed by atoms with Gasteiger partial charge < -0.3 is 9.30 Å². The molecule has 21 heavy (non-hydrogen) atoms. The molecule has 1 heterocycles. The van der Waals surface area contributed by atoms with Crippen molar-refractivity contribution in [1.82, 2.24) is 9.55 Å². The van der Waals surface area contributed by atoms with Crippen molar-refractivity contribution in [1.29, 1.82) is 0 Å². The van der Waals surface area contributed by atoms with Gasteiger partial charge in [-0.2, -0.15) is 0 Å². The number of hydrogen-bond acceptors (Lipinski definition) is 2. The minimum Gasteiger partial charge on any atom is -0.347 e. The van der Waals surface area contributed by atoms with Gasteiger partial charge in [0.05, 0.1) is 6.33 Å². The first kappa shape index (κ1) is 13.6. The molecule has 1 aromatic heterocycles. The summed E-state index contributed by atoms with van der Waals surface area (Å²) in [6, 6.07) is 20.5. The van der Waals surface area contributed by atoms with Gasteiger partial charge in [-0.1, -0.05) is 60.7 Å². The molecule has 3 heteroatoms. The Morgan fingerprint density at radius 3 is 1.95 bits per heavy atom. The molecule has 0 fully saturated rings. The first-order valence-electron chi connectivity index (χ1n) is 7.11. The predicted octanol–water partition coefficient (Wildman–Crippen LogP) is 3.67. The Bertz CT molecular complexity index is 623. The van der Waals surface area contributed by atoms with Gasteiger partial charge in [0.1, 0.15) is 0 Å². The summed E-state index contributed by atoms with van der Waals surface area (Å²) in [5.74, 6) is 0. The van der Waals surface area contributed by atoms with Crippen molar-refractivity contribution in [2.75, 3.05) is 6.61 Å². The standard InChI is InChI=1S/C18H18N2O/c1-2-21-18(20-14-13-19-15-20,16-9-5-3-6-10-16)17-11-7-4-8-12-17/h3-15H,2H2,1H3. The fourth-order valence-electron chi connectivity index (χ4n) is 2.69. The van der Waals surface area contributed by atoms with E-state index in [1.54, 1.807) is 12.5 Å². The van der Waals surface area contributed by atoms with E-state index in [4.69, 9.17) is 4.74 Å². The summed E-state index contributed by atoms with van der Waals surface area (Å²) in [7, 11) is 0. The molecule has 0 atom stereocenters. The van der Waals surface area contributed by atoms with Crippen LogP contribution in [0.5, 0.6) is 0 Å². The molecule has 3 rings (SSSR count). The lowest BCUT2D eigenvalue weighted by Crippen LogP contribution is -2.38. The number of imidazole rings is 1. The van der Waals surface area contributed by atoms with Crippen LogP contribution >= 0.6 is 0 Å². The maximum Gasteiger partial charge on any atom is 0.198 e. The van der Waals surface area contributed by atoms with Crippen LogP contribution in [0.25, 0.3) is 0 Å². The van der Waals surface area contributed by atoms with Crippen molar-refractivity contribution in [2.45, 2.75) is 12.6 Å². The summed E-state index contributed by atoms with van der Waals surface area (Å²) in [6.07, 6.45) is 5.52. The van der Waals surface area contributed by atoms with Crippen LogP contribution in [0.15, 0.2) is 79.4 Å². The number of benzene rings is 2. The fraction of sp³-hybridized carbons (Fsp3) is 0.167. The third kappa shape index (κ3) is 2.36. The monoisotopic (exact) mass is 278 g/mol. The first-order valence-corrected chi connectivity index (χ1v) is 7.11. The Balaban J connectivity index is 2.27. The summed E-state index contributed by atoms with van der Waals surface area (Å²) in [4.78, 5) is 4.20. The zero-order valence-electron chi connectivity index (χ0n) is 12.0. The topological polar surface area (TPSA) is 27.1 Å². The van der Waals surface area contributed by atoms with Gasteiger partial charge in [-0.15, -0.1) is 0 Å². The van der Waals surface area contributed by atoms with E-state index in [-0.39, 0.29) is 0 Å². The Hall–Kier alpha value is -2.39. The van der Waals surface area contributed by atoms with Crippen LogP contribution in [-0.4, -0.2) is 16.2 Å². The molecular formula is C18H18N2O. The number of hydrogen-bond donors (Lipinski definition) is 0. The number of rotatable bonds is 5. The summed E-state index contributed by atoms with van der Waals surface area (Å²) < 4.78 is 8.28. The predicted molar refractivity (Wildman–Crippen MR) is 82.9 cm³/mol. The van der Waals surface area contributed by atoms with E-state index in [0.29, 0.717) is 6.61 Å². The third-order valence-electron chi connectivity index (χ3n) is 3.55. The van der Waals surface area contributed by atoms with E-state index < -0.39 is 5.72 Å². The summed E-state index contributed by atoms with van der Waals surface area (Å²) in [5, 5.41) is 0. The van der Waals surface area contributed by atoms with Gasteiger partial charge in [0.2, 0.25) is 0 Å². The van der Waals surface area contributed by atoms with Crippen molar-refractivity contribution < 1.29 is 4.74 Å².